The first-order valence-corrected chi connectivity index (χ1v) is 6.58. The van der Waals surface area contributed by atoms with Crippen LogP contribution in [0.1, 0.15) is 35.1 Å². The lowest BCUT2D eigenvalue weighted by atomic mass is 9.80. The molecule has 1 aromatic rings. The molecule has 1 aromatic carbocycles. The number of nitrogens with one attached hydrogen (secondary N) is 1. The van der Waals surface area contributed by atoms with Crippen LogP contribution in [0.4, 0.5) is 0 Å². The Morgan fingerprint density at radius 2 is 1.94 bits per heavy atom. The van der Waals surface area contributed by atoms with Gasteiger partial charge in [-0.25, -0.2) is 0 Å². The fourth-order valence-corrected chi connectivity index (χ4v) is 2.41. The Kier molecular flexibility index (Phi) is 3.71. The monoisotopic (exact) mass is 246 g/mol. The minimum atomic E-state index is 0.131. The molecular weight excluding hydrogens is 224 g/mol. The SMILES string of the molecule is Cc1ccc(CNC(=O)C2CC(N)C2)c(C)c1C. The maximum absolute atomic E-state index is 11.8. The van der Waals surface area contributed by atoms with Crippen LogP contribution in [0.3, 0.4) is 0 Å². The van der Waals surface area contributed by atoms with Gasteiger partial charge in [0, 0.05) is 18.5 Å². The van der Waals surface area contributed by atoms with Crippen molar-refractivity contribution in [3.8, 4) is 0 Å². The predicted octanol–water partition coefficient (Wildman–Crippen LogP) is 1.97. The third-order valence-corrected chi connectivity index (χ3v) is 4.17. The summed E-state index contributed by atoms with van der Waals surface area (Å²) < 4.78 is 0. The van der Waals surface area contributed by atoms with Crippen molar-refractivity contribution in [2.24, 2.45) is 11.7 Å². The second-order valence-corrected chi connectivity index (χ2v) is 5.44. The van der Waals surface area contributed by atoms with Gasteiger partial charge in [-0.15, -0.1) is 0 Å². The molecule has 3 heteroatoms. The van der Waals surface area contributed by atoms with Crippen molar-refractivity contribution in [3.63, 3.8) is 0 Å². The minimum Gasteiger partial charge on any atom is -0.352 e. The van der Waals surface area contributed by atoms with Gasteiger partial charge in [-0.1, -0.05) is 12.1 Å². The number of aryl methyl sites for hydroxylation is 1. The fourth-order valence-electron chi connectivity index (χ4n) is 2.41. The highest BCUT2D eigenvalue weighted by Gasteiger charge is 2.31. The lowest BCUT2D eigenvalue weighted by Crippen LogP contribution is -2.44. The van der Waals surface area contributed by atoms with Gasteiger partial charge in [-0.05, 0) is 55.9 Å². The molecule has 1 aliphatic carbocycles. The Hall–Kier alpha value is -1.35. The minimum absolute atomic E-state index is 0.131. The molecule has 1 aliphatic rings. The number of carbonyl (C=O) groups is 1. The first kappa shape index (κ1) is 13.1. The Balaban J connectivity index is 1.94. The molecule has 98 valence electrons. The van der Waals surface area contributed by atoms with Gasteiger partial charge >= 0.3 is 0 Å². The Morgan fingerprint density at radius 3 is 2.56 bits per heavy atom. The molecule has 0 unspecified atom stereocenters. The standard InChI is InChI=1S/C15H22N2O/c1-9-4-5-12(11(3)10(9)2)8-17-15(18)13-6-14(16)7-13/h4-5,13-14H,6-8,16H2,1-3H3,(H,17,18). The van der Waals surface area contributed by atoms with Gasteiger partial charge in [0.05, 0.1) is 0 Å². The van der Waals surface area contributed by atoms with E-state index in [2.05, 4.69) is 38.2 Å². The number of nitrogens with two attached hydrogens (primary N) is 1. The van der Waals surface area contributed by atoms with E-state index in [0.717, 1.165) is 12.8 Å². The number of amides is 1. The molecule has 1 saturated carbocycles. The summed E-state index contributed by atoms with van der Waals surface area (Å²) in [5.74, 6) is 0.279. The van der Waals surface area contributed by atoms with Crippen molar-refractivity contribution in [3.05, 3.63) is 34.4 Å². The van der Waals surface area contributed by atoms with E-state index in [9.17, 15) is 4.79 Å². The van der Waals surface area contributed by atoms with Crippen LogP contribution in [-0.2, 0) is 11.3 Å². The highest BCUT2D eigenvalue weighted by atomic mass is 16.1. The summed E-state index contributed by atoms with van der Waals surface area (Å²) in [6, 6.07) is 4.44. The zero-order chi connectivity index (χ0) is 13.3. The van der Waals surface area contributed by atoms with Crippen molar-refractivity contribution in [2.75, 3.05) is 0 Å². The maximum atomic E-state index is 11.8. The molecule has 1 amide bonds. The van der Waals surface area contributed by atoms with Crippen LogP contribution in [-0.4, -0.2) is 11.9 Å². The third-order valence-electron chi connectivity index (χ3n) is 4.17. The van der Waals surface area contributed by atoms with E-state index in [1.807, 2.05) is 0 Å². The van der Waals surface area contributed by atoms with Crippen molar-refractivity contribution >= 4 is 5.91 Å². The summed E-state index contributed by atoms with van der Waals surface area (Å²) in [5, 5.41) is 3.01. The van der Waals surface area contributed by atoms with Crippen LogP contribution >= 0.6 is 0 Å². The molecule has 18 heavy (non-hydrogen) atoms. The molecule has 0 atom stereocenters. The van der Waals surface area contributed by atoms with Gasteiger partial charge in [-0.2, -0.15) is 0 Å². The summed E-state index contributed by atoms with van der Waals surface area (Å²) in [6.07, 6.45) is 1.66. The van der Waals surface area contributed by atoms with Crippen molar-refractivity contribution in [1.29, 1.82) is 0 Å². The molecular formula is C15H22N2O. The number of hydrogen-bond acceptors (Lipinski definition) is 2. The van der Waals surface area contributed by atoms with Crippen LogP contribution in [0.5, 0.6) is 0 Å². The van der Waals surface area contributed by atoms with Crippen LogP contribution in [0.15, 0.2) is 12.1 Å². The van der Waals surface area contributed by atoms with Crippen LogP contribution in [0.2, 0.25) is 0 Å². The van der Waals surface area contributed by atoms with E-state index in [0.29, 0.717) is 6.54 Å². The average molecular weight is 246 g/mol. The van der Waals surface area contributed by atoms with Crippen molar-refractivity contribution in [2.45, 2.75) is 46.2 Å². The second-order valence-electron chi connectivity index (χ2n) is 5.44. The highest BCUT2D eigenvalue weighted by Crippen LogP contribution is 2.25. The normalized spacial score (nSPS) is 22.4. The zero-order valence-corrected chi connectivity index (χ0v) is 11.4. The fraction of sp³-hybridized carbons (Fsp3) is 0.533. The van der Waals surface area contributed by atoms with Crippen LogP contribution in [0.25, 0.3) is 0 Å². The molecule has 3 nitrogen and oxygen atoms in total. The van der Waals surface area contributed by atoms with E-state index in [-0.39, 0.29) is 17.9 Å². The number of benzene rings is 1. The molecule has 0 saturated heterocycles. The van der Waals surface area contributed by atoms with Gasteiger partial charge in [-0.3, -0.25) is 4.79 Å². The topological polar surface area (TPSA) is 55.1 Å². The molecule has 3 N–H and O–H groups in total. The van der Waals surface area contributed by atoms with Crippen LogP contribution in [0, 0.1) is 26.7 Å². The van der Waals surface area contributed by atoms with E-state index in [1.165, 1.54) is 22.3 Å². The predicted molar refractivity (Wildman–Crippen MR) is 73.2 cm³/mol. The van der Waals surface area contributed by atoms with Gasteiger partial charge in [0.1, 0.15) is 0 Å². The first-order valence-electron chi connectivity index (χ1n) is 6.58. The highest BCUT2D eigenvalue weighted by molar-refractivity contribution is 5.79. The van der Waals surface area contributed by atoms with E-state index in [1.54, 1.807) is 0 Å². The molecule has 1 fully saturated rings. The van der Waals surface area contributed by atoms with Gasteiger partial charge in [0.25, 0.3) is 0 Å². The number of carbonyl (C=O) groups excluding carboxylic acids is 1. The second kappa shape index (κ2) is 5.11. The smallest absolute Gasteiger partial charge is 0.223 e. The molecule has 0 heterocycles. The summed E-state index contributed by atoms with van der Waals surface area (Å²) in [7, 11) is 0. The van der Waals surface area contributed by atoms with Crippen molar-refractivity contribution < 1.29 is 4.79 Å². The number of rotatable bonds is 3. The Labute approximate surface area is 109 Å². The molecule has 0 bridgehead atoms. The molecule has 0 aromatic heterocycles. The summed E-state index contributed by atoms with van der Waals surface area (Å²) >= 11 is 0. The molecule has 0 spiro atoms. The quantitative estimate of drug-likeness (QED) is 0.856. The van der Waals surface area contributed by atoms with E-state index >= 15 is 0 Å². The van der Waals surface area contributed by atoms with Gasteiger partial charge in [0.2, 0.25) is 5.91 Å². The van der Waals surface area contributed by atoms with Gasteiger partial charge in [0.15, 0.2) is 0 Å². The van der Waals surface area contributed by atoms with E-state index in [4.69, 9.17) is 5.73 Å². The lowest BCUT2D eigenvalue weighted by Gasteiger charge is -2.31. The number of hydrogen-bond donors (Lipinski definition) is 2. The van der Waals surface area contributed by atoms with Crippen molar-refractivity contribution in [1.82, 2.24) is 5.32 Å². The maximum Gasteiger partial charge on any atom is 0.223 e. The molecule has 0 aliphatic heterocycles. The Morgan fingerprint density at radius 1 is 1.28 bits per heavy atom. The molecule has 0 radical (unpaired) electrons. The lowest BCUT2D eigenvalue weighted by molar-refractivity contribution is -0.128. The largest absolute Gasteiger partial charge is 0.352 e. The zero-order valence-electron chi connectivity index (χ0n) is 11.4. The summed E-state index contributed by atoms with van der Waals surface area (Å²) in [6.45, 7) is 6.97. The Bertz CT molecular complexity index is 462. The first-order chi connectivity index (χ1) is 8.49. The van der Waals surface area contributed by atoms with Gasteiger partial charge < -0.3 is 11.1 Å². The molecule has 2 rings (SSSR count). The summed E-state index contributed by atoms with van der Waals surface area (Å²) in [5.41, 5.74) is 10.8. The third kappa shape index (κ3) is 2.56. The van der Waals surface area contributed by atoms with E-state index < -0.39 is 0 Å². The van der Waals surface area contributed by atoms with Crippen LogP contribution < -0.4 is 11.1 Å². The summed E-state index contributed by atoms with van der Waals surface area (Å²) in [4.78, 5) is 11.8. The average Bonchev–Trinajstić information content (AvgIpc) is 2.31.